The van der Waals surface area contributed by atoms with Crippen LogP contribution in [-0.4, -0.2) is 20.1 Å². The number of unbranched alkanes of at least 4 members (excludes halogenated alkanes) is 2. The molecule has 4 heteroatoms. The molecule has 0 saturated heterocycles. The van der Waals surface area contributed by atoms with E-state index in [1.54, 1.807) is 6.92 Å². The van der Waals surface area contributed by atoms with Crippen molar-refractivity contribution in [3.05, 3.63) is 23.0 Å². The second-order valence-electron chi connectivity index (χ2n) is 10.0. The number of alkyl halides is 1. The molecule has 2 saturated carbocycles. The zero-order valence-electron chi connectivity index (χ0n) is 17.3. The van der Waals surface area contributed by atoms with E-state index in [0.717, 1.165) is 49.0 Å². The Hall–Kier alpha value is -0.360. The molecular formula is C23H33IO3. The molecule has 1 heterocycles. The van der Waals surface area contributed by atoms with Crippen LogP contribution in [0.3, 0.4) is 0 Å². The molecule has 0 aromatic rings. The fourth-order valence-corrected chi connectivity index (χ4v) is 8.19. The number of hydrogen-bond donors (Lipinski definition) is 1. The highest BCUT2D eigenvalue weighted by atomic mass is 127. The molecule has 0 bridgehead atoms. The predicted molar refractivity (Wildman–Crippen MR) is 115 cm³/mol. The maximum absolute atomic E-state index is 12.6. The van der Waals surface area contributed by atoms with E-state index in [1.807, 2.05) is 6.92 Å². The van der Waals surface area contributed by atoms with Crippen LogP contribution in [0.4, 0.5) is 0 Å². The van der Waals surface area contributed by atoms with E-state index in [0.29, 0.717) is 17.8 Å². The summed E-state index contributed by atoms with van der Waals surface area (Å²) in [6.07, 6.45) is 8.62. The van der Waals surface area contributed by atoms with E-state index in [9.17, 15) is 9.90 Å². The van der Waals surface area contributed by atoms with Crippen LogP contribution in [0.15, 0.2) is 23.0 Å². The van der Waals surface area contributed by atoms with Gasteiger partial charge in [-0.2, -0.15) is 0 Å². The molecule has 3 aliphatic carbocycles. The number of allylic oxidation sites excluding steroid dienone is 1. The van der Waals surface area contributed by atoms with Crippen molar-refractivity contribution in [2.45, 2.75) is 82.4 Å². The molecule has 0 aromatic carbocycles. The first-order chi connectivity index (χ1) is 12.6. The molecule has 27 heavy (non-hydrogen) atoms. The Bertz CT molecular complexity index is 732. The maximum Gasteiger partial charge on any atom is 0.162 e. The van der Waals surface area contributed by atoms with Gasteiger partial charge in [0.1, 0.15) is 17.1 Å². The van der Waals surface area contributed by atoms with E-state index >= 15 is 0 Å². The maximum atomic E-state index is 12.6. The minimum absolute atomic E-state index is 0.0701. The number of carbonyl (C=O) groups excluding carboxylic acids is 1. The van der Waals surface area contributed by atoms with Crippen molar-refractivity contribution in [3.63, 3.8) is 0 Å². The molecule has 3 nitrogen and oxygen atoms in total. The lowest BCUT2D eigenvalue weighted by Gasteiger charge is -2.64. The summed E-state index contributed by atoms with van der Waals surface area (Å²) in [4.78, 5) is 12.6. The Balaban J connectivity index is 1.81. The van der Waals surface area contributed by atoms with E-state index in [1.165, 1.54) is 6.42 Å². The molecule has 150 valence electrons. The van der Waals surface area contributed by atoms with Gasteiger partial charge in [-0.15, -0.1) is 0 Å². The molecule has 6 atom stereocenters. The van der Waals surface area contributed by atoms with Crippen molar-refractivity contribution >= 4 is 28.4 Å². The Labute approximate surface area is 177 Å². The summed E-state index contributed by atoms with van der Waals surface area (Å²) in [5.74, 6) is 1.91. The first-order valence-electron chi connectivity index (χ1n) is 10.6. The summed E-state index contributed by atoms with van der Waals surface area (Å²) in [7, 11) is 0. The van der Waals surface area contributed by atoms with Gasteiger partial charge in [-0.1, -0.05) is 39.2 Å². The molecule has 4 aliphatic rings. The minimum Gasteiger partial charge on any atom is -0.477 e. The van der Waals surface area contributed by atoms with Gasteiger partial charge in [0.25, 0.3) is 0 Å². The molecule has 4 rings (SSSR count). The standard InChI is InChI=1S/C23H33IO3/c1-6-7-8-9-14-12-16-19(22(5,26)17(14)13(2)25)20-18-15(21(20,3)4)10-11-23(18,24)27-16/h12,15,17-18,20,26H,6-11H2,1-5H3/t15?,17?,18-,20+,22?,23-/m1/s1. The topological polar surface area (TPSA) is 46.5 Å². The van der Waals surface area contributed by atoms with Gasteiger partial charge < -0.3 is 9.84 Å². The van der Waals surface area contributed by atoms with Crippen LogP contribution in [0, 0.1) is 29.1 Å². The fourth-order valence-electron chi connectivity index (χ4n) is 6.84. The third kappa shape index (κ3) is 2.64. The normalized spacial score (nSPS) is 44.0. The first kappa shape index (κ1) is 19.9. The lowest BCUT2D eigenvalue weighted by molar-refractivity contribution is -0.152. The van der Waals surface area contributed by atoms with Crippen molar-refractivity contribution in [3.8, 4) is 0 Å². The summed E-state index contributed by atoms with van der Waals surface area (Å²) < 4.78 is 6.47. The average molecular weight is 484 g/mol. The van der Waals surface area contributed by atoms with Gasteiger partial charge in [0, 0.05) is 11.5 Å². The molecular weight excluding hydrogens is 451 g/mol. The van der Waals surface area contributed by atoms with Crippen LogP contribution in [0.5, 0.6) is 0 Å². The zero-order valence-corrected chi connectivity index (χ0v) is 19.4. The molecule has 1 N–H and O–H groups in total. The van der Waals surface area contributed by atoms with Gasteiger partial charge in [0.05, 0.1) is 5.92 Å². The van der Waals surface area contributed by atoms with Gasteiger partial charge in [0.2, 0.25) is 0 Å². The van der Waals surface area contributed by atoms with Crippen molar-refractivity contribution in [1.29, 1.82) is 0 Å². The monoisotopic (exact) mass is 484 g/mol. The van der Waals surface area contributed by atoms with Gasteiger partial charge >= 0.3 is 0 Å². The third-order valence-electron chi connectivity index (χ3n) is 7.97. The lowest BCUT2D eigenvalue weighted by atomic mass is 9.44. The SMILES string of the molecule is CCCCCC1=CC2=C([C@@H]3[C@H]4C(CC[C@@]4(I)O2)C3(C)C)C(C)(O)C1C(C)=O. The molecule has 3 unspecified atom stereocenters. The first-order valence-corrected chi connectivity index (χ1v) is 11.7. The molecule has 0 radical (unpaired) electrons. The van der Waals surface area contributed by atoms with E-state index in [2.05, 4.69) is 49.4 Å². The van der Waals surface area contributed by atoms with Crippen LogP contribution in [0.2, 0.25) is 0 Å². The summed E-state index contributed by atoms with van der Waals surface area (Å²) in [5.41, 5.74) is 1.07. The number of fused-ring (bicyclic) bond motifs is 1. The summed E-state index contributed by atoms with van der Waals surface area (Å²) in [6.45, 7) is 10.4. The summed E-state index contributed by atoms with van der Waals surface area (Å²) in [6, 6.07) is 0. The van der Waals surface area contributed by atoms with Crippen LogP contribution >= 0.6 is 22.6 Å². The third-order valence-corrected chi connectivity index (χ3v) is 9.45. The highest BCUT2D eigenvalue weighted by Gasteiger charge is 2.72. The van der Waals surface area contributed by atoms with E-state index in [-0.39, 0.29) is 14.8 Å². The number of carbonyl (C=O) groups is 1. The van der Waals surface area contributed by atoms with Gasteiger partial charge in [0.15, 0.2) is 3.61 Å². The lowest BCUT2D eigenvalue weighted by Crippen LogP contribution is -2.64. The van der Waals surface area contributed by atoms with Crippen LogP contribution < -0.4 is 0 Å². The highest BCUT2D eigenvalue weighted by molar-refractivity contribution is 14.1. The number of ketones is 1. The van der Waals surface area contributed by atoms with Crippen molar-refractivity contribution < 1.29 is 14.6 Å². The summed E-state index contributed by atoms with van der Waals surface area (Å²) >= 11 is 2.53. The zero-order chi connectivity index (χ0) is 19.8. The Kier molecular flexibility index (Phi) is 4.66. The Morgan fingerprint density at radius 1 is 1.33 bits per heavy atom. The number of hydrogen-bond acceptors (Lipinski definition) is 3. The van der Waals surface area contributed by atoms with Crippen LogP contribution in [0.25, 0.3) is 0 Å². The Morgan fingerprint density at radius 2 is 2.04 bits per heavy atom. The van der Waals surface area contributed by atoms with Crippen LogP contribution in [0.1, 0.15) is 73.1 Å². The number of aliphatic hydroxyl groups is 1. The second-order valence-corrected chi connectivity index (χ2v) is 11.8. The van der Waals surface area contributed by atoms with E-state index in [4.69, 9.17) is 4.74 Å². The smallest absolute Gasteiger partial charge is 0.162 e. The molecule has 0 aromatic heterocycles. The highest BCUT2D eigenvalue weighted by Crippen LogP contribution is 2.74. The molecule has 0 amide bonds. The molecule has 2 fully saturated rings. The number of halogens is 1. The Morgan fingerprint density at radius 3 is 2.67 bits per heavy atom. The average Bonchev–Trinajstić information content (AvgIpc) is 2.88. The van der Waals surface area contributed by atoms with Crippen molar-refractivity contribution in [2.75, 3.05) is 0 Å². The van der Waals surface area contributed by atoms with Crippen LogP contribution in [-0.2, 0) is 9.53 Å². The molecule has 1 aliphatic heterocycles. The fraction of sp³-hybridized carbons (Fsp3) is 0.783. The van der Waals surface area contributed by atoms with Gasteiger partial charge in [-0.05, 0) is 85.4 Å². The second kappa shape index (κ2) is 6.32. The number of Topliss-reactive ketones (excluding diaryl/α,β-unsaturated/α-hetero) is 1. The predicted octanol–water partition coefficient (Wildman–Crippen LogP) is 5.56. The van der Waals surface area contributed by atoms with E-state index < -0.39 is 11.5 Å². The van der Waals surface area contributed by atoms with Gasteiger partial charge in [-0.25, -0.2) is 0 Å². The van der Waals surface area contributed by atoms with Crippen molar-refractivity contribution in [1.82, 2.24) is 0 Å². The van der Waals surface area contributed by atoms with Gasteiger partial charge in [-0.3, -0.25) is 4.79 Å². The minimum atomic E-state index is -1.15. The number of ether oxygens (including phenoxy) is 1. The summed E-state index contributed by atoms with van der Waals surface area (Å²) in [5, 5.41) is 11.8. The number of rotatable bonds is 5. The van der Waals surface area contributed by atoms with Crippen molar-refractivity contribution in [2.24, 2.45) is 29.1 Å². The largest absolute Gasteiger partial charge is 0.477 e. The molecule has 0 spiro atoms. The quantitative estimate of drug-likeness (QED) is 0.316.